The van der Waals surface area contributed by atoms with Gasteiger partial charge < -0.3 is 24.8 Å². The van der Waals surface area contributed by atoms with Crippen molar-refractivity contribution in [3.05, 3.63) is 77.2 Å². The Morgan fingerprint density at radius 2 is 1.70 bits per heavy atom. The van der Waals surface area contributed by atoms with Crippen molar-refractivity contribution >= 4 is 28.7 Å². The van der Waals surface area contributed by atoms with E-state index >= 15 is 0 Å². The van der Waals surface area contributed by atoms with E-state index in [1.165, 1.54) is 42.7 Å². The number of aromatic carboxylic acids is 1. The Morgan fingerprint density at radius 3 is 2.24 bits per heavy atom. The molecule has 0 saturated heterocycles. The molecule has 33 heavy (non-hydrogen) atoms. The first-order chi connectivity index (χ1) is 15.9. The highest BCUT2D eigenvalue weighted by molar-refractivity contribution is 7.13. The maximum Gasteiger partial charge on any atom is 0.335 e. The molecule has 8 heteroatoms. The van der Waals surface area contributed by atoms with Crippen LogP contribution in [0.15, 0.2) is 60.5 Å². The lowest BCUT2D eigenvalue weighted by molar-refractivity contribution is 0.0696. The summed E-state index contributed by atoms with van der Waals surface area (Å²) in [6.07, 6.45) is 0. The summed E-state index contributed by atoms with van der Waals surface area (Å²) in [5.74, 6) is -1.11. The molecule has 0 unspecified atom stereocenters. The average Bonchev–Trinajstić information content (AvgIpc) is 3.38. The molecule has 0 atom stereocenters. The van der Waals surface area contributed by atoms with Crippen molar-refractivity contribution < 1.29 is 34.4 Å². The van der Waals surface area contributed by atoms with Crippen LogP contribution < -0.4 is 9.47 Å². The summed E-state index contributed by atoms with van der Waals surface area (Å²) in [6.45, 7) is 3.49. The fourth-order valence-electron chi connectivity index (χ4n) is 3.14. The lowest BCUT2D eigenvalue weighted by Crippen LogP contribution is -2.20. The van der Waals surface area contributed by atoms with Crippen molar-refractivity contribution in [3.63, 3.8) is 0 Å². The van der Waals surface area contributed by atoms with Crippen molar-refractivity contribution in [1.82, 2.24) is 0 Å². The number of ketones is 1. The molecule has 7 nitrogen and oxygen atoms in total. The minimum absolute atomic E-state index is 0.0241. The number of rotatable bonds is 11. The predicted molar refractivity (Wildman–Crippen MR) is 126 cm³/mol. The molecular formula is C25H24O7S. The SMILES string of the molecule is C=C(C(=O)c1ccc(C(=O)O)cc1)c1cc(-c2cccs2)c(OC)cc1OCC(CO)CO. The number of carboxylic acid groups (broad SMARTS) is 1. The second-order valence-electron chi connectivity index (χ2n) is 7.26. The average molecular weight is 469 g/mol. The lowest BCUT2D eigenvalue weighted by atomic mass is 9.94. The summed E-state index contributed by atoms with van der Waals surface area (Å²) in [4.78, 5) is 25.2. The van der Waals surface area contributed by atoms with Crippen LogP contribution in [0.2, 0.25) is 0 Å². The highest BCUT2D eigenvalue weighted by atomic mass is 32.1. The van der Waals surface area contributed by atoms with Gasteiger partial charge in [-0.05, 0) is 29.6 Å². The topological polar surface area (TPSA) is 113 Å². The molecule has 0 aliphatic heterocycles. The van der Waals surface area contributed by atoms with E-state index in [2.05, 4.69) is 6.58 Å². The zero-order chi connectivity index (χ0) is 24.0. The van der Waals surface area contributed by atoms with Gasteiger partial charge in [0.2, 0.25) is 0 Å². The van der Waals surface area contributed by atoms with E-state index in [4.69, 9.17) is 14.6 Å². The third-order valence-corrected chi connectivity index (χ3v) is 5.98. The number of carboxylic acids is 1. The van der Waals surface area contributed by atoms with Gasteiger partial charge in [0.25, 0.3) is 0 Å². The van der Waals surface area contributed by atoms with Crippen LogP contribution in [0.1, 0.15) is 26.3 Å². The largest absolute Gasteiger partial charge is 0.496 e. The van der Waals surface area contributed by atoms with E-state index < -0.39 is 11.9 Å². The Kier molecular flexibility index (Phi) is 8.00. The van der Waals surface area contributed by atoms with Crippen LogP contribution in [0.4, 0.5) is 0 Å². The van der Waals surface area contributed by atoms with Crippen LogP contribution in [0.3, 0.4) is 0 Å². The van der Waals surface area contributed by atoms with Crippen molar-refractivity contribution in [2.24, 2.45) is 5.92 Å². The molecule has 0 saturated carbocycles. The molecule has 3 rings (SSSR count). The van der Waals surface area contributed by atoms with E-state index in [0.29, 0.717) is 17.1 Å². The minimum atomic E-state index is -1.08. The number of aliphatic hydroxyl groups is 2. The first kappa shape index (κ1) is 24.2. The second kappa shape index (κ2) is 10.9. The van der Waals surface area contributed by atoms with Gasteiger partial charge in [-0.1, -0.05) is 24.8 Å². The quantitative estimate of drug-likeness (QED) is 0.288. The second-order valence-corrected chi connectivity index (χ2v) is 8.21. The Morgan fingerprint density at radius 1 is 1.03 bits per heavy atom. The molecular weight excluding hydrogens is 444 g/mol. The Labute approximate surface area is 195 Å². The molecule has 3 N–H and O–H groups in total. The monoisotopic (exact) mass is 468 g/mol. The minimum Gasteiger partial charge on any atom is -0.496 e. The molecule has 0 aliphatic rings. The predicted octanol–water partition coefficient (Wildman–Crippen LogP) is 4.00. The molecule has 2 aromatic carbocycles. The molecule has 1 aromatic heterocycles. The van der Waals surface area contributed by atoms with Crippen molar-refractivity contribution in [3.8, 4) is 21.9 Å². The summed E-state index contributed by atoms with van der Waals surface area (Å²) < 4.78 is 11.4. The number of aliphatic hydroxyl groups excluding tert-OH is 2. The van der Waals surface area contributed by atoms with Crippen molar-refractivity contribution in [2.45, 2.75) is 0 Å². The fourth-order valence-corrected chi connectivity index (χ4v) is 3.89. The molecule has 0 fully saturated rings. The number of hydrogen-bond donors (Lipinski definition) is 3. The number of hydrogen-bond acceptors (Lipinski definition) is 7. The van der Waals surface area contributed by atoms with E-state index in [-0.39, 0.29) is 42.3 Å². The maximum atomic E-state index is 13.2. The first-order valence-corrected chi connectivity index (χ1v) is 10.9. The standard InChI is InChI=1S/C25H24O7S/c1-15(24(28)17-5-7-18(8-6-17)25(29)30)19-10-20(23-4-3-9-33-23)21(31-2)11-22(19)32-14-16(12-26)13-27/h3-11,16,26-27H,1,12-14H2,2H3,(H,29,30). The smallest absolute Gasteiger partial charge is 0.335 e. The molecule has 0 aliphatic carbocycles. The van der Waals surface area contributed by atoms with E-state index in [0.717, 1.165) is 10.4 Å². The van der Waals surface area contributed by atoms with Crippen LogP contribution in [0.25, 0.3) is 16.0 Å². The number of Topliss-reactive ketones (excluding diaryl/α,β-unsaturated/α-hetero) is 1. The van der Waals surface area contributed by atoms with Crippen LogP contribution in [0, 0.1) is 5.92 Å². The zero-order valence-corrected chi connectivity index (χ0v) is 18.8. The van der Waals surface area contributed by atoms with Gasteiger partial charge in [0.15, 0.2) is 5.78 Å². The Bertz CT molecular complexity index is 1130. The van der Waals surface area contributed by atoms with Gasteiger partial charge in [-0.15, -0.1) is 11.3 Å². The number of allylic oxidation sites excluding steroid dienone is 1. The molecule has 0 spiro atoms. The lowest BCUT2D eigenvalue weighted by Gasteiger charge is -2.19. The van der Waals surface area contributed by atoms with Gasteiger partial charge in [-0.2, -0.15) is 0 Å². The molecule has 0 amide bonds. The summed E-state index contributed by atoms with van der Waals surface area (Å²) >= 11 is 1.51. The summed E-state index contributed by atoms with van der Waals surface area (Å²) in [5, 5.41) is 29.8. The third kappa shape index (κ3) is 5.48. The number of methoxy groups -OCH3 is 1. The molecule has 0 bridgehead atoms. The highest BCUT2D eigenvalue weighted by Crippen LogP contribution is 2.41. The molecule has 3 aromatic rings. The Hall–Kier alpha value is -3.46. The highest BCUT2D eigenvalue weighted by Gasteiger charge is 2.22. The number of benzene rings is 2. The Balaban J connectivity index is 2.03. The normalized spacial score (nSPS) is 10.8. The van der Waals surface area contributed by atoms with Gasteiger partial charge in [0.1, 0.15) is 11.5 Å². The zero-order valence-electron chi connectivity index (χ0n) is 18.0. The first-order valence-electron chi connectivity index (χ1n) is 10.1. The molecule has 1 heterocycles. The van der Waals surface area contributed by atoms with E-state index in [1.54, 1.807) is 12.1 Å². The van der Waals surface area contributed by atoms with Crippen LogP contribution in [-0.2, 0) is 0 Å². The number of carbonyl (C=O) groups is 2. The van der Waals surface area contributed by atoms with Gasteiger partial charge in [-0.3, -0.25) is 4.79 Å². The van der Waals surface area contributed by atoms with Crippen LogP contribution >= 0.6 is 11.3 Å². The maximum absolute atomic E-state index is 13.2. The number of carbonyl (C=O) groups excluding carboxylic acids is 1. The van der Waals surface area contributed by atoms with Crippen molar-refractivity contribution in [2.75, 3.05) is 26.9 Å². The van der Waals surface area contributed by atoms with E-state index in [1.807, 2.05) is 17.5 Å². The number of thiophene rings is 1. The third-order valence-electron chi connectivity index (χ3n) is 5.07. The summed E-state index contributed by atoms with van der Waals surface area (Å²) in [5.41, 5.74) is 1.70. The van der Waals surface area contributed by atoms with Crippen LogP contribution in [-0.4, -0.2) is 54.0 Å². The van der Waals surface area contributed by atoms with Gasteiger partial charge in [0, 0.05) is 39.1 Å². The van der Waals surface area contributed by atoms with Gasteiger partial charge >= 0.3 is 5.97 Å². The van der Waals surface area contributed by atoms with Crippen LogP contribution in [0.5, 0.6) is 11.5 Å². The van der Waals surface area contributed by atoms with Crippen molar-refractivity contribution in [1.29, 1.82) is 0 Å². The fraction of sp³-hybridized carbons (Fsp3) is 0.200. The van der Waals surface area contributed by atoms with E-state index in [9.17, 15) is 19.8 Å². The molecule has 172 valence electrons. The van der Waals surface area contributed by atoms with Gasteiger partial charge in [0.05, 0.1) is 32.5 Å². The number of ether oxygens (including phenoxy) is 2. The summed E-state index contributed by atoms with van der Waals surface area (Å²) in [7, 11) is 1.53. The van der Waals surface area contributed by atoms with Gasteiger partial charge in [-0.25, -0.2) is 4.79 Å². The molecule has 0 radical (unpaired) electrons. The summed E-state index contributed by atoms with van der Waals surface area (Å²) in [6, 6.07) is 12.8.